The van der Waals surface area contributed by atoms with E-state index in [1.54, 1.807) is 0 Å². The van der Waals surface area contributed by atoms with E-state index in [1.807, 2.05) is 13.0 Å². The van der Waals surface area contributed by atoms with Crippen LogP contribution in [0.3, 0.4) is 0 Å². The zero-order valence-corrected chi connectivity index (χ0v) is 17.7. The highest BCUT2D eigenvalue weighted by Crippen LogP contribution is 2.13. The van der Waals surface area contributed by atoms with E-state index in [4.69, 9.17) is 5.73 Å². The molecule has 2 heteroatoms. The molecule has 0 radical (unpaired) electrons. The number of allylic oxidation sites excluding steroid dienone is 4. The lowest BCUT2D eigenvalue weighted by Gasteiger charge is -2.05. The summed E-state index contributed by atoms with van der Waals surface area (Å²) >= 11 is 0. The summed E-state index contributed by atoms with van der Waals surface area (Å²) in [6.45, 7) is 4.90. The van der Waals surface area contributed by atoms with Gasteiger partial charge in [-0.05, 0) is 64.0 Å². The monoisotopic (exact) mass is 363 g/mol. The first-order chi connectivity index (χ1) is 12.8. The molecule has 0 rings (SSSR count). The summed E-state index contributed by atoms with van der Waals surface area (Å²) in [6.07, 6.45) is 26.0. The number of hydrogen-bond donors (Lipinski definition) is 1. The molecule has 0 saturated heterocycles. The maximum Gasteiger partial charge on any atom is 0.158 e. The molecule has 0 unspecified atom stereocenters. The van der Waals surface area contributed by atoms with Crippen molar-refractivity contribution in [1.29, 1.82) is 0 Å². The molecule has 0 aliphatic rings. The average molecular weight is 364 g/mol. The molecule has 0 aromatic carbocycles. The molecule has 0 fully saturated rings. The second-order valence-electron chi connectivity index (χ2n) is 7.46. The van der Waals surface area contributed by atoms with Gasteiger partial charge in [-0.2, -0.15) is 0 Å². The second-order valence-corrected chi connectivity index (χ2v) is 7.46. The van der Waals surface area contributed by atoms with E-state index in [0.29, 0.717) is 18.7 Å². The number of Topliss-reactive ketones (excluding diaryl/α,β-unsaturated/α-hetero) is 1. The largest absolute Gasteiger partial charge is 0.330 e. The predicted molar refractivity (Wildman–Crippen MR) is 117 cm³/mol. The summed E-state index contributed by atoms with van der Waals surface area (Å²) in [6, 6.07) is 0. The Morgan fingerprint density at radius 3 is 1.81 bits per heavy atom. The van der Waals surface area contributed by atoms with Crippen molar-refractivity contribution in [1.82, 2.24) is 0 Å². The maximum absolute atomic E-state index is 12.1. The van der Waals surface area contributed by atoms with Crippen molar-refractivity contribution in [2.45, 2.75) is 117 Å². The zero-order valence-electron chi connectivity index (χ0n) is 17.7. The molecule has 2 nitrogen and oxygen atoms in total. The maximum atomic E-state index is 12.1. The number of carbonyl (C=O) groups is 1. The molecule has 0 saturated carbocycles. The highest BCUT2D eigenvalue weighted by atomic mass is 16.1. The Bertz CT molecular complexity index is 370. The molecule has 0 atom stereocenters. The fraction of sp³-hybridized carbons (Fsp3) is 0.792. The van der Waals surface area contributed by atoms with E-state index in [9.17, 15) is 4.79 Å². The molecule has 0 aliphatic heterocycles. The normalized spacial score (nSPS) is 12.2. The van der Waals surface area contributed by atoms with Crippen LogP contribution < -0.4 is 5.73 Å². The Hall–Kier alpha value is -0.890. The highest BCUT2D eigenvalue weighted by Gasteiger charge is 2.07. The second kappa shape index (κ2) is 20.4. The molecule has 0 aliphatic carbocycles. The summed E-state index contributed by atoms with van der Waals surface area (Å²) in [7, 11) is 0. The Morgan fingerprint density at radius 2 is 1.27 bits per heavy atom. The standard InChI is InChI=1S/C24H45NO/c1-3-5-6-7-8-9-10-11-12-13-14-15-16-17-18-21-24(26)23(4-2)20-19-22-25/h4,11-12H,3,5-10,13-22,25H2,1-2H3/b12-11-,23-4?. The van der Waals surface area contributed by atoms with Gasteiger partial charge in [-0.1, -0.05) is 76.5 Å². The van der Waals surface area contributed by atoms with Gasteiger partial charge in [0.05, 0.1) is 0 Å². The number of carbonyl (C=O) groups excluding carboxylic acids is 1. The number of unbranched alkanes of at least 4 members (excludes halogenated alkanes) is 11. The quantitative estimate of drug-likeness (QED) is 0.149. The van der Waals surface area contributed by atoms with Crippen LogP contribution in [0.4, 0.5) is 0 Å². The summed E-state index contributed by atoms with van der Waals surface area (Å²) in [5, 5.41) is 0. The van der Waals surface area contributed by atoms with Gasteiger partial charge in [-0.25, -0.2) is 0 Å². The van der Waals surface area contributed by atoms with Crippen LogP contribution in [0.5, 0.6) is 0 Å². The lowest BCUT2D eigenvalue weighted by Crippen LogP contribution is -2.06. The van der Waals surface area contributed by atoms with Crippen LogP contribution >= 0.6 is 0 Å². The van der Waals surface area contributed by atoms with Gasteiger partial charge in [0.1, 0.15) is 0 Å². The van der Waals surface area contributed by atoms with Crippen molar-refractivity contribution in [3.8, 4) is 0 Å². The third kappa shape index (κ3) is 16.6. The van der Waals surface area contributed by atoms with Crippen LogP contribution in [-0.2, 0) is 4.79 Å². The molecular weight excluding hydrogens is 318 g/mol. The molecule has 0 amide bonds. The lowest BCUT2D eigenvalue weighted by atomic mass is 10.00. The summed E-state index contributed by atoms with van der Waals surface area (Å²) in [4.78, 5) is 12.1. The van der Waals surface area contributed by atoms with Crippen LogP contribution in [0.15, 0.2) is 23.8 Å². The topological polar surface area (TPSA) is 43.1 Å². The van der Waals surface area contributed by atoms with E-state index in [2.05, 4.69) is 19.1 Å². The average Bonchev–Trinajstić information content (AvgIpc) is 2.65. The van der Waals surface area contributed by atoms with Crippen LogP contribution in [0.1, 0.15) is 117 Å². The molecule has 0 aromatic rings. The van der Waals surface area contributed by atoms with Crippen molar-refractivity contribution in [2.24, 2.45) is 5.73 Å². The van der Waals surface area contributed by atoms with Gasteiger partial charge < -0.3 is 5.73 Å². The van der Waals surface area contributed by atoms with E-state index < -0.39 is 0 Å². The molecule has 0 spiro atoms. The Balaban J connectivity index is 3.40. The van der Waals surface area contributed by atoms with Gasteiger partial charge in [0.15, 0.2) is 5.78 Å². The third-order valence-electron chi connectivity index (χ3n) is 5.02. The van der Waals surface area contributed by atoms with Crippen LogP contribution in [0.2, 0.25) is 0 Å². The molecule has 152 valence electrons. The van der Waals surface area contributed by atoms with Crippen molar-refractivity contribution in [2.75, 3.05) is 6.54 Å². The molecular formula is C24H45NO. The minimum atomic E-state index is 0.332. The van der Waals surface area contributed by atoms with E-state index in [-0.39, 0.29) is 0 Å². The van der Waals surface area contributed by atoms with Gasteiger partial charge in [-0.3, -0.25) is 4.79 Å². The molecule has 26 heavy (non-hydrogen) atoms. The van der Waals surface area contributed by atoms with Gasteiger partial charge in [-0.15, -0.1) is 0 Å². The number of ketones is 1. The van der Waals surface area contributed by atoms with Crippen molar-refractivity contribution < 1.29 is 4.79 Å². The Kier molecular flexibility index (Phi) is 19.7. The fourth-order valence-corrected chi connectivity index (χ4v) is 3.25. The number of hydrogen-bond acceptors (Lipinski definition) is 2. The first-order valence-electron chi connectivity index (χ1n) is 11.3. The Labute approximate surface area is 163 Å². The SMILES string of the molecule is CC=C(CCCN)C(=O)CCCCCCC/C=C\CCCCCCCC. The van der Waals surface area contributed by atoms with E-state index in [1.165, 1.54) is 77.0 Å². The van der Waals surface area contributed by atoms with E-state index in [0.717, 1.165) is 24.8 Å². The predicted octanol–water partition coefficient (Wildman–Crippen LogP) is 7.28. The third-order valence-corrected chi connectivity index (χ3v) is 5.02. The van der Waals surface area contributed by atoms with Crippen molar-refractivity contribution in [3.63, 3.8) is 0 Å². The minimum Gasteiger partial charge on any atom is -0.330 e. The van der Waals surface area contributed by atoms with E-state index >= 15 is 0 Å². The molecule has 0 aromatic heterocycles. The minimum absolute atomic E-state index is 0.332. The molecule has 2 N–H and O–H groups in total. The lowest BCUT2D eigenvalue weighted by molar-refractivity contribution is -0.115. The van der Waals surface area contributed by atoms with Crippen molar-refractivity contribution >= 4 is 5.78 Å². The molecule has 0 heterocycles. The van der Waals surface area contributed by atoms with Crippen molar-refractivity contribution in [3.05, 3.63) is 23.8 Å². The van der Waals surface area contributed by atoms with Gasteiger partial charge in [0.25, 0.3) is 0 Å². The number of nitrogens with two attached hydrogens (primary N) is 1. The first-order valence-corrected chi connectivity index (χ1v) is 11.3. The van der Waals surface area contributed by atoms with Crippen LogP contribution in [0.25, 0.3) is 0 Å². The van der Waals surface area contributed by atoms with Gasteiger partial charge in [0.2, 0.25) is 0 Å². The summed E-state index contributed by atoms with van der Waals surface area (Å²) in [5.41, 5.74) is 6.50. The van der Waals surface area contributed by atoms with Gasteiger partial charge in [0, 0.05) is 6.42 Å². The smallest absolute Gasteiger partial charge is 0.158 e. The summed E-state index contributed by atoms with van der Waals surface area (Å²) in [5.74, 6) is 0.332. The van der Waals surface area contributed by atoms with Crippen LogP contribution in [-0.4, -0.2) is 12.3 Å². The fourth-order valence-electron chi connectivity index (χ4n) is 3.25. The Morgan fingerprint density at radius 1 is 0.731 bits per heavy atom. The first kappa shape index (κ1) is 25.1. The number of rotatable bonds is 19. The highest BCUT2D eigenvalue weighted by molar-refractivity contribution is 5.95. The zero-order chi connectivity index (χ0) is 19.3. The van der Waals surface area contributed by atoms with Crippen LogP contribution in [0, 0.1) is 0 Å². The summed E-state index contributed by atoms with van der Waals surface area (Å²) < 4.78 is 0. The molecule has 0 bridgehead atoms. The van der Waals surface area contributed by atoms with Gasteiger partial charge >= 0.3 is 0 Å².